The minimum atomic E-state index is -0.163. The fourth-order valence-electron chi connectivity index (χ4n) is 4.48. The Hall–Kier alpha value is -2.61. The molecule has 1 aliphatic heterocycles. The first kappa shape index (κ1) is 20.7. The molecule has 0 radical (unpaired) electrons. The van der Waals surface area contributed by atoms with Gasteiger partial charge in [0, 0.05) is 44.2 Å². The molecule has 8 heteroatoms. The molecule has 8 nitrogen and oxygen atoms in total. The van der Waals surface area contributed by atoms with Crippen molar-refractivity contribution in [2.75, 3.05) is 19.6 Å². The summed E-state index contributed by atoms with van der Waals surface area (Å²) in [6, 6.07) is 4.28. The number of aryl methyl sites for hydroxylation is 3. The van der Waals surface area contributed by atoms with Crippen LogP contribution in [-0.2, 0) is 11.3 Å². The first-order valence-corrected chi connectivity index (χ1v) is 10.9. The van der Waals surface area contributed by atoms with Crippen molar-refractivity contribution in [3.8, 4) is 0 Å². The maximum atomic E-state index is 12.8. The van der Waals surface area contributed by atoms with Crippen LogP contribution in [0, 0.1) is 13.8 Å². The molecule has 1 saturated heterocycles. The van der Waals surface area contributed by atoms with Crippen molar-refractivity contribution < 1.29 is 9.21 Å². The highest BCUT2D eigenvalue weighted by Gasteiger charge is 2.18. The molecule has 162 valence electrons. The second-order valence-corrected chi connectivity index (χ2v) is 8.38. The fraction of sp³-hybridized carbons (Fsp3) is 0.591. The first-order chi connectivity index (χ1) is 14.4. The number of hydrogen-bond donors (Lipinski definition) is 1. The molecule has 1 amide bonds. The third-order valence-corrected chi connectivity index (χ3v) is 6.09. The van der Waals surface area contributed by atoms with Gasteiger partial charge in [-0.3, -0.25) is 18.9 Å². The smallest absolute Gasteiger partial charge is 0.291 e. The van der Waals surface area contributed by atoms with Crippen LogP contribution in [0.1, 0.15) is 50.6 Å². The molecule has 1 fully saturated rings. The second kappa shape index (κ2) is 8.63. The summed E-state index contributed by atoms with van der Waals surface area (Å²) in [7, 11) is 0. The maximum Gasteiger partial charge on any atom is 0.291 e. The van der Waals surface area contributed by atoms with E-state index in [-0.39, 0.29) is 11.5 Å². The molecular formula is C22H31N5O3. The van der Waals surface area contributed by atoms with Gasteiger partial charge in [-0.15, -0.1) is 0 Å². The van der Waals surface area contributed by atoms with Crippen molar-refractivity contribution in [3.63, 3.8) is 0 Å². The van der Waals surface area contributed by atoms with Crippen LogP contribution in [0.3, 0.4) is 0 Å². The molecule has 1 atom stereocenters. The zero-order valence-corrected chi connectivity index (χ0v) is 18.1. The van der Waals surface area contributed by atoms with E-state index in [0.29, 0.717) is 43.1 Å². The predicted molar refractivity (Wildman–Crippen MR) is 116 cm³/mol. The summed E-state index contributed by atoms with van der Waals surface area (Å²) >= 11 is 0. The minimum absolute atomic E-state index is 0.0289. The molecule has 1 aliphatic rings. The molecule has 3 aromatic rings. The number of amides is 1. The predicted octanol–water partition coefficient (Wildman–Crippen LogP) is 2.63. The van der Waals surface area contributed by atoms with Crippen LogP contribution in [0.4, 0.5) is 0 Å². The fourth-order valence-corrected chi connectivity index (χ4v) is 4.48. The Kier molecular flexibility index (Phi) is 5.94. The van der Waals surface area contributed by atoms with Crippen LogP contribution in [0.2, 0.25) is 0 Å². The van der Waals surface area contributed by atoms with Crippen molar-refractivity contribution >= 4 is 22.5 Å². The van der Waals surface area contributed by atoms with Gasteiger partial charge in [-0.2, -0.15) is 5.10 Å². The van der Waals surface area contributed by atoms with Gasteiger partial charge in [0.2, 0.25) is 5.91 Å². The second-order valence-electron chi connectivity index (χ2n) is 8.38. The Morgan fingerprint density at radius 1 is 1.23 bits per heavy atom. The number of rotatable bonds is 7. The topological polar surface area (TPSA) is 84.8 Å². The van der Waals surface area contributed by atoms with Crippen molar-refractivity contribution in [1.82, 2.24) is 24.4 Å². The number of carbonyl (C=O) groups excluding carboxylic acids is 1. The van der Waals surface area contributed by atoms with Crippen LogP contribution in [0.5, 0.6) is 0 Å². The standard InChI is InChI=1S/C22H31N5O3/c1-15-7-4-5-10-25(15)12-9-23-21(28)8-6-11-26-22(29)19-14-20-18(13-16(2)30-20)27(19)17(3)24-26/h13-15H,4-12H2,1-3H3,(H,23,28). The van der Waals surface area contributed by atoms with Crippen LogP contribution in [0.25, 0.3) is 16.6 Å². The highest BCUT2D eigenvalue weighted by Crippen LogP contribution is 2.22. The van der Waals surface area contributed by atoms with Crippen molar-refractivity contribution in [1.29, 1.82) is 0 Å². The average molecular weight is 414 g/mol. The summed E-state index contributed by atoms with van der Waals surface area (Å²) in [5, 5.41) is 7.46. The molecule has 0 aromatic carbocycles. The summed E-state index contributed by atoms with van der Waals surface area (Å²) in [6.07, 6.45) is 4.75. The van der Waals surface area contributed by atoms with E-state index in [0.717, 1.165) is 30.2 Å². The average Bonchev–Trinajstić information content (AvgIpc) is 3.23. The van der Waals surface area contributed by atoms with E-state index in [4.69, 9.17) is 4.42 Å². The molecule has 0 aliphatic carbocycles. The largest absolute Gasteiger partial charge is 0.460 e. The van der Waals surface area contributed by atoms with Crippen molar-refractivity contribution in [3.05, 3.63) is 34.1 Å². The van der Waals surface area contributed by atoms with Gasteiger partial charge in [0.1, 0.15) is 17.1 Å². The molecular weight excluding hydrogens is 382 g/mol. The van der Waals surface area contributed by atoms with Gasteiger partial charge in [-0.25, -0.2) is 4.68 Å². The van der Waals surface area contributed by atoms with Crippen LogP contribution in [0.15, 0.2) is 21.3 Å². The third kappa shape index (κ3) is 4.14. The number of carbonyl (C=O) groups is 1. The number of furan rings is 1. The Morgan fingerprint density at radius 2 is 2.07 bits per heavy atom. The molecule has 3 aromatic heterocycles. The number of piperidine rings is 1. The number of hydrogen-bond acceptors (Lipinski definition) is 5. The molecule has 1 unspecified atom stereocenters. The molecule has 0 spiro atoms. The lowest BCUT2D eigenvalue weighted by molar-refractivity contribution is -0.121. The molecule has 0 saturated carbocycles. The lowest BCUT2D eigenvalue weighted by Crippen LogP contribution is -2.42. The highest BCUT2D eigenvalue weighted by atomic mass is 16.3. The monoisotopic (exact) mass is 413 g/mol. The van der Waals surface area contributed by atoms with Gasteiger partial charge < -0.3 is 9.73 Å². The lowest BCUT2D eigenvalue weighted by Gasteiger charge is -2.33. The molecule has 1 N–H and O–H groups in total. The number of nitrogens with zero attached hydrogens (tertiary/aromatic N) is 4. The van der Waals surface area contributed by atoms with E-state index in [1.807, 2.05) is 24.3 Å². The number of fused-ring (bicyclic) bond motifs is 3. The Labute approximate surface area is 175 Å². The van der Waals surface area contributed by atoms with E-state index < -0.39 is 0 Å². The number of aromatic nitrogens is 3. The van der Waals surface area contributed by atoms with Crippen molar-refractivity contribution in [2.45, 2.75) is 65.5 Å². The number of likely N-dealkylation sites (tertiary alicyclic amines) is 1. The van der Waals surface area contributed by atoms with E-state index in [1.54, 1.807) is 6.07 Å². The summed E-state index contributed by atoms with van der Waals surface area (Å²) in [6.45, 7) is 9.13. The lowest BCUT2D eigenvalue weighted by atomic mass is 10.0. The van der Waals surface area contributed by atoms with Crippen LogP contribution >= 0.6 is 0 Å². The summed E-state index contributed by atoms with van der Waals surface area (Å²) in [5.41, 5.74) is 1.94. The van der Waals surface area contributed by atoms with E-state index in [1.165, 1.54) is 23.9 Å². The third-order valence-electron chi connectivity index (χ3n) is 6.09. The summed E-state index contributed by atoms with van der Waals surface area (Å²) in [5.74, 6) is 1.56. The molecule has 4 heterocycles. The highest BCUT2D eigenvalue weighted by molar-refractivity contribution is 5.83. The number of nitrogens with one attached hydrogen (secondary N) is 1. The zero-order valence-electron chi connectivity index (χ0n) is 18.1. The maximum absolute atomic E-state index is 12.8. The van der Waals surface area contributed by atoms with Gasteiger partial charge in [-0.05, 0) is 46.6 Å². The molecule has 4 rings (SSSR count). The minimum Gasteiger partial charge on any atom is -0.460 e. The van der Waals surface area contributed by atoms with E-state index in [9.17, 15) is 9.59 Å². The van der Waals surface area contributed by atoms with Crippen LogP contribution < -0.4 is 10.9 Å². The Balaban J connectivity index is 1.32. The Bertz CT molecular complexity index is 1110. The van der Waals surface area contributed by atoms with Gasteiger partial charge in [0.05, 0.1) is 5.52 Å². The summed E-state index contributed by atoms with van der Waals surface area (Å²) in [4.78, 5) is 27.4. The van der Waals surface area contributed by atoms with Gasteiger partial charge in [0.15, 0.2) is 5.58 Å². The SMILES string of the molecule is Cc1cc2c(cc3c(=O)n(CCCC(=O)NCCN4CCCCC4C)nc(C)n32)o1. The quantitative estimate of drug-likeness (QED) is 0.644. The summed E-state index contributed by atoms with van der Waals surface area (Å²) < 4.78 is 8.94. The van der Waals surface area contributed by atoms with E-state index in [2.05, 4.69) is 22.2 Å². The van der Waals surface area contributed by atoms with Gasteiger partial charge in [-0.1, -0.05) is 6.42 Å². The first-order valence-electron chi connectivity index (χ1n) is 10.9. The van der Waals surface area contributed by atoms with E-state index >= 15 is 0 Å². The van der Waals surface area contributed by atoms with Gasteiger partial charge in [0.25, 0.3) is 5.56 Å². The van der Waals surface area contributed by atoms with Gasteiger partial charge >= 0.3 is 0 Å². The zero-order chi connectivity index (χ0) is 21.3. The molecule has 0 bridgehead atoms. The van der Waals surface area contributed by atoms with Crippen molar-refractivity contribution in [2.24, 2.45) is 0 Å². The Morgan fingerprint density at radius 3 is 2.87 bits per heavy atom. The molecule has 30 heavy (non-hydrogen) atoms. The van der Waals surface area contributed by atoms with Crippen LogP contribution in [-0.4, -0.2) is 50.7 Å². The normalized spacial score (nSPS) is 17.8.